The van der Waals surface area contributed by atoms with Gasteiger partial charge in [0.05, 0.1) is 13.2 Å². The summed E-state index contributed by atoms with van der Waals surface area (Å²) < 4.78 is 26.9. The number of aliphatic hydroxyl groups is 1. The Morgan fingerprint density at radius 1 is 0.564 bits per heavy atom. The molecule has 0 fully saturated rings. The van der Waals surface area contributed by atoms with E-state index in [0.717, 1.165) is 70.6 Å². The summed E-state index contributed by atoms with van der Waals surface area (Å²) in [5.74, 6) is -0.535. The standard InChI is InChI=1S/C45H82NO8P/c1-3-5-7-9-11-13-15-17-19-20-21-22-24-25-27-29-31-33-35-37-44(48)46-39-40-53-55(50,51)54-42-43(47)41-52-45(49)38-36-34-32-30-28-26-23-18-16-14-12-10-8-6-4-2/h11-14,17-19,23,43,47H,3-10,15-16,20-22,24-42H2,1-2H3,(H,46,48)(H,50,51)/b13-11-,14-12-,19-17-,23-18-. The summed E-state index contributed by atoms with van der Waals surface area (Å²) in [5.41, 5.74) is 0. The quantitative estimate of drug-likeness (QED) is 0.0241. The van der Waals surface area contributed by atoms with Crippen LogP contribution in [0.5, 0.6) is 0 Å². The van der Waals surface area contributed by atoms with E-state index >= 15 is 0 Å². The molecular formula is C45H82NO8P. The molecule has 2 atom stereocenters. The maximum absolute atomic E-state index is 12.1. The van der Waals surface area contributed by atoms with Crippen molar-refractivity contribution in [1.29, 1.82) is 0 Å². The molecule has 55 heavy (non-hydrogen) atoms. The van der Waals surface area contributed by atoms with Gasteiger partial charge in [-0.15, -0.1) is 0 Å². The molecule has 0 radical (unpaired) electrons. The molecule has 0 bridgehead atoms. The minimum absolute atomic E-state index is 0.0764. The molecule has 320 valence electrons. The van der Waals surface area contributed by atoms with Gasteiger partial charge >= 0.3 is 13.8 Å². The van der Waals surface area contributed by atoms with Crippen molar-refractivity contribution in [3.63, 3.8) is 0 Å². The van der Waals surface area contributed by atoms with Crippen LogP contribution >= 0.6 is 7.82 Å². The zero-order chi connectivity index (χ0) is 40.3. The number of carbonyl (C=O) groups excluding carboxylic acids is 2. The van der Waals surface area contributed by atoms with Gasteiger partial charge in [0.15, 0.2) is 0 Å². The molecule has 10 heteroatoms. The molecule has 0 aliphatic rings. The van der Waals surface area contributed by atoms with Gasteiger partial charge in [-0.25, -0.2) is 4.57 Å². The highest BCUT2D eigenvalue weighted by molar-refractivity contribution is 7.47. The molecule has 0 aromatic carbocycles. The smallest absolute Gasteiger partial charge is 0.463 e. The second-order valence-corrected chi connectivity index (χ2v) is 16.1. The Morgan fingerprint density at radius 2 is 0.982 bits per heavy atom. The summed E-state index contributed by atoms with van der Waals surface area (Å²) >= 11 is 0. The lowest BCUT2D eigenvalue weighted by atomic mass is 10.1. The van der Waals surface area contributed by atoms with Crippen molar-refractivity contribution >= 4 is 19.7 Å². The zero-order valence-electron chi connectivity index (χ0n) is 35.1. The van der Waals surface area contributed by atoms with Crippen LogP contribution < -0.4 is 5.32 Å². The minimum Gasteiger partial charge on any atom is -0.463 e. The first-order chi connectivity index (χ1) is 26.8. The molecule has 0 heterocycles. The number of rotatable bonds is 41. The molecule has 0 spiro atoms. The number of phosphoric acid groups is 1. The maximum atomic E-state index is 12.1. The van der Waals surface area contributed by atoms with Gasteiger partial charge in [-0.3, -0.25) is 18.6 Å². The third-order valence-corrected chi connectivity index (χ3v) is 10.2. The third kappa shape index (κ3) is 42.9. The van der Waals surface area contributed by atoms with Crippen LogP contribution in [0.2, 0.25) is 0 Å². The summed E-state index contributed by atoms with van der Waals surface area (Å²) in [5, 5.41) is 12.7. The molecule has 0 aliphatic heterocycles. The predicted octanol–water partition coefficient (Wildman–Crippen LogP) is 12.3. The number of phosphoric ester groups is 1. The fourth-order valence-corrected chi connectivity index (χ4v) is 6.61. The predicted molar refractivity (Wildman–Crippen MR) is 229 cm³/mol. The number of hydrogen-bond donors (Lipinski definition) is 3. The number of amides is 1. The number of aliphatic hydroxyl groups excluding tert-OH is 1. The molecule has 0 aliphatic carbocycles. The Bertz CT molecular complexity index is 1040. The lowest BCUT2D eigenvalue weighted by Crippen LogP contribution is -2.27. The van der Waals surface area contributed by atoms with Gasteiger partial charge < -0.3 is 20.1 Å². The number of unbranched alkanes of at least 4 members (excludes halogenated alkanes) is 20. The topological polar surface area (TPSA) is 131 Å². The highest BCUT2D eigenvalue weighted by Crippen LogP contribution is 2.42. The van der Waals surface area contributed by atoms with Crippen LogP contribution in [0.4, 0.5) is 0 Å². The second-order valence-electron chi connectivity index (χ2n) is 14.7. The SMILES string of the molecule is CCCCC/C=C\C/C=C\CCCCCCCCCCCC(=O)NCCOP(=O)(O)OCC(O)COC(=O)CCCCCCC/C=C\C/C=C\CCCCC. The van der Waals surface area contributed by atoms with Crippen LogP contribution in [0.15, 0.2) is 48.6 Å². The van der Waals surface area contributed by atoms with Crippen LogP contribution in [0.25, 0.3) is 0 Å². The molecule has 1 amide bonds. The number of ether oxygens (including phenoxy) is 1. The number of nitrogens with one attached hydrogen (secondary N) is 1. The van der Waals surface area contributed by atoms with Crippen molar-refractivity contribution in [2.75, 3.05) is 26.4 Å². The average molecular weight is 796 g/mol. The van der Waals surface area contributed by atoms with E-state index < -0.39 is 26.5 Å². The van der Waals surface area contributed by atoms with Gasteiger partial charge in [0.1, 0.15) is 12.7 Å². The van der Waals surface area contributed by atoms with E-state index in [9.17, 15) is 24.2 Å². The molecule has 2 unspecified atom stereocenters. The first-order valence-electron chi connectivity index (χ1n) is 22.1. The van der Waals surface area contributed by atoms with E-state index in [1.807, 2.05) is 0 Å². The van der Waals surface area contributed by atoms with Crippen LogP contribution in [-0.4, -0.2) is 54.3 Å². The van der Waals surface area contributed by atoms with Crippen molar-refractivity contribution in [3.8, 4) is 0 Å². The Morgan fingerprint density at radius 3 is 1.45 bits per heavy atom. The lowest BCUT2D eigenvalue weighted by Gasteiger charge is -2.15. The van der Waals surface area contributed by atoms with Crippen LogP contribution in [0.3, 0.4) is 0 Å². The number of carbonyl (C=O) groups is 2. The fraction of sp³-hybridized carbons (Fsp3) is 0.778. The zero-order valence-corrected chi connectivity index (χ0v) is 36.0. The fourth-order valence-electron chi connectivity index (χ4n) is 5.85. The van der Waals surface area contributed by atoms with Crippen LogP contribution in [0, 0.1) is 0 Å². The summed E-state index contributed by atoms with van der Waals surface area (Å²) in [4.78, 5) is 33.9. The number of hydrogen-bond acceptors (Lipinski definition) is 7. The summed E-state index contributed by atoms with van der Waals surface area (Å²) in [6.45, 7) is 3.48. The highest BCUT2D eigenvalue weighted by atomic mass is 31.2. The first kappa shape index (κ1) is 53.0. The van der Waals surface area contributed by atoms with Gasteiger partial charge in [0.2, 0.25) is 5.91 Å². The van der Waals surface area contributed by atoms with E-state index in [2.05, 4.69) is 67.8 Å². The molecule has 0 saturated carbocycles. The first-order valence-corrected chi connectivity index (χ1v) is 23.6. The van der Waals surface area contributed by atoms with Crippen molar-refractivity contribution < 1.29 is 37.9 Å². The largest absolute Gasteiger partial charge is 0.472 e. The Balaban J connectivity index is 3.61. The summed E-state index contributed by atoms with van der Waals surface area (Å²) in [7, 11) is -4.42. The minimum atomic E-state index is -4.42. The van der Waals surface area contributed by atoms with E-state index in [4.69, 9.17) is 13.8 Å². The van der Waals surface area contributed by atoms with Gasteiger partial charge in [-0.1, -0.05) is 152 Å². The second kappa shape index (κ2) is 41.6. The van der Waals surface area contributed by atoms with Gasteiger partial charge in [-0.2, -0.15) is 0 Å². The Labute approximate surface area is 336 Å². The van der Waals surface area contributed by atoms with E-state index in [1.165, 1.54) is 96.3 Å². The van der Waals surface area contributed by atoms with Crippen molar-refractivity contribution in [3.05, 3.63) is 48.6 Å². The van der Waals surface area contributed by atoms with E-state index in [0.29, 0.717) is 6.42 Å². The number of allylic oxidation sites excluding steroid dienone is 8. The summed E-state index contributed by atoms with van der Waals surface area (Å²) in [6, 6.07) is 0. The molecule has 0 saturated heterocycles. The van der Waals surface area contributed by atoms with Gasteiger partial charge in [-0.05, 0) is 77.0 Å². The summed E-state index contributed by atoms with van der Waals surface area (Å²) in [6.07, 6.45) is 47.5. The van der Waals surface area contributed by atoms with Crippen LogP contribution in [-0.2, 0) is 27.9 Å². The van der Waals surface area contributed by atoms with Crippen molar-refractivity contribution in [2.45, 2.75) is 200 Å². The molecule has 9 nitrogen and oxygen atoms in total. The molecule has 3 N–H and O–H groups in total. The molecular weight excluding hydrogens is 713 g/mol. The van der Waals surface area contributed by atoms with Crippen LogP contribution in [0.1, 0.15) is 194 Å². The maximum Gasteiger partial charge on any atom is 0.472 e. The lowest BCUT2D eigenvalue weighted by molar-refractivity contribution is -0.147. The molecule has 0 aromatic heterocycles. The monoisotopic (exact) mass is 796 g/mol. The van der Waals surface area contributed by atoms with E-state index in [1.54, 1.807) is 0 Å². The molecule has 0 aromatic rings. The highest BCUT2D eigenvalue weighted by Gasteiger charge is 2.23. The third-order valence-electron chi connectivity index (χ3n) is 9.23. The Kier molecular flexibility index (Phi) is 40.1. The van der Waals surface area contributed by atoms with Gasteiger partial charge in [0.25, 0.3) is 0 Å². The van der Waals surface area contributed by atoms with Gasteiger partial charge in [0, 0.05) is 19.4 Å². The normalized spacial score (nSPS) is 13.7. The number of esters is 1. The Hall–Kier alpha value is -2.03. The van der Waals surface area contributed by atoms with Crippen molar-refractivity contribution in [2.24, 2.45) is 0 Å². The van der Waals surface area contributed by atoms with Crippen molar-refractivity contribution in [1.82, 2.24) is 5.32 Å². The molecule has 0 rings (SSSR count). The van der Waals surface area contributed by atoms with E-state index in [-0.39, 0.29) is 32.1 Å². The average Bonchev–Trinajstić information content (AvgIpc) is 3.17.